The highest BCUT2D eigenvalue weighted by molar-refractivity contribution is 7.99. The number of nitrogens with two attached hydrogens (primary N) is 1. The third kappa shape index (κ3) is 2.39. The van der Waals surface area contributed by atoms with Crippen LogP contribution in [0, 0.1) is 11.6 Å². The SMILES string of the molecule is Nc1n[nH]c2ccc(Sc3cc(F)cc(F)c3)cc12. The summed E-state index contributed by atoms with van der Waals surface area (Å²) in [5.74, 6) is -0.777. The Labute approximate surface area is 111 Å². The van der Waals surface area contributed by atoms with Crippen LogP contribution in [-0.2, 0) is 0 Å². The Balaban J connectivity index is 1.98. The molecule has 1 heterocycles. The van der Waals surface area contributed by atoms with Gasteiger partial charge in [-0.2, -0.15) is 5.10 Å². The minimum atomic E-state index is -0.591. The van der Waals surface area contributed by atoms with Crippen molar-refractivity contribution >= 4 is 28.5 Å². The number of nitrogen functional groups attached to an aromatic ring is 1. The van der Waals surface area contributed by atoms with Crippen molar-refractivity contribution < 1.29 is 8.78 Å². The number of hydrogen-bond donors (Lipinski definition) is 2. The summed E-state index contributed by atoms with van der Waals surface area (Å²) < 4.78 is 26.2. The zero-order valence-electron chi connectivity index (χ0n) is 9.65. The molecule has 0 bridgehead atoms. The standard InChI is InChI=1S/C13H9F2N3S/c14-7-3-8(15)5-10(4-7)19-9-1-2-12-11(6-9)13(16)18-17-12/h1-6H,(H3,16,17,18). The first-order valence-corrected chi connectivity index (χ1v) is 6.31. The van der Waals surface area contributed by atoms with Gasteiger partial charge >= 0.3 is 0 Å². The molecule has 0 spiro atoms. The van der Waals surface area contributed by atoms with Gasteiger partial charge in [0.25, 0.3) is 0 Å². The van der Waals surface area contributed by atoms with E-state index in [2.05, 4.69) is 10.2 Å². The lowest BCUT2D eigenvalue weighted by molar-refractivity contribution is 0.577. The van der Waals surface area contributed by atoms with E-state index in [9.17, 15) is 8.78 Å². The fourth-order valence-electron chi connectivity index (χ4n) is 1.80. The summed E-state index contributed by atoms with van der Waals surface area (Å²) in [6, 6.07) is 8.93. The Hall–Kier alpha value is -2.08. The van der Waals surface area contributed by atoms with Crippen LogP contribution >= 0.6 is 11.8 Å². The van der Waals surface area contributed by atoms with E-state index in [-0.39, 0.29) is 0 Å². The predicted octanol–water partition coefficient (Wildman–Crippen LogP) is 3.57. The second-order valence-electron chi connectivity index (χ2n) is 4.02. The van der Waals surface area contributed by atoms with Crippen LogP contribution in [0.4, 0.5) is 14.6 Å². The van der Waals surface area contributed by atoms with Crippen LogP contribution in [-0.4, -0.2) is 10.2 Å². The minimum Gasteiger partial charge on any atom is -0.382 e. The van der Waals surface area contributed by atoms with Gasteiger partial charge in [-0.15, -0.1) is 0 Å². The molecular formula is C13H9F2N3S. The van der Waals surface area contributed by atoms with Crippen molar-refractivity contribution in [3.63, 3.8) is 0 Å². The normalized spacial score (nSPS) is 11.1. The molecule has 2 aromatic carbocycles. The van der Waals surface area contributed by atoms with Crippen LogP contribution in [0.2, 0.25) is 0 Å². The van der Waals surface area contributed by atoms with Gasteiger partial charge in [0.05, 0.1) is 5.52 Å². The molecule has 96 valence electrons. The van der Waals surface area contributed by atoms with Crippen LogP contribution in [0.5, 0.6) is 0 Å². The number of fused-ring (bicyclic) bond motifs is 1. The molecule has 19 heavy (non-hydrogen) atoms. The average molecular weight is 277 g/mol. The van der Waals surface area contributed by atoms with Crippen LogP contribution < -0.4 is 5.73 Å². The van der Waals surface area contributed by atoms with Crippen molar-refractivity contribution in [3.8, 4) is 0 Å². The number of nitrogens with one attached hydrogen (secondary N) is 1. The summed E-state index contributed by atoms with van der Waals surface area (Å²) in [6.45, 7) is 0. The zero-order chi connectivity index (χ0) is 13.4. The first-order valence-electron chi connectivity index (χ1n) is 5.49. The molecule has 0 fully saturated rings. The number of rotatable bonds is 2. The quantitative estimate of drug-likeness (QED) is 0.753. The smallest absolute Gasteiger partial charge is 0.153 e. The van der Waals surface area contributed by atoms with Gasteiger partial charge in [-0.1, -0.05) is 11.8 Å². The highest BCUT2D eigenvalue weighted by Gasteiger charge is 2.06. The molecule has 3 nitrogen and oxygen atoms in total. The van der Waals surface area contributed by atoms with E-state index in [1.165, 1.54) is 23.9 Å². The number of anilines is 1. The molecule has 1 aromatic heterocycles. The average Bonchev–Trinajstić information content (AvgIpc) is 2.70. The van der Waals surface area contributed by atoms with Gasteiger partial charge in [0.15, 0.2) is 5.82 Å². The van der Waals surface area contributed by atoms with Gasteiger partial charge in [-0.25, -0.2) is 8.78 Å². The summed E-state index contributed by atoms with van der Waals surface area (Å²) >= 11 is 1.27. The zero-order valence-corrected chi connectivity index (χ0v) is 10.5. The van der Waals surface area contributed by atoms with Crippen molar-refractivity contribution in [2.45, 2.75) is 9.79 Å². The Bertz CT molecular complexity index is 734. The number of H-pyrrole nitrogens is 1. The lowest BCUT2D eigenvalue weighted by Gasteiger charge is -2.03. The van der Waals surface area contributed by atoms with Crippen LogP contribution in [0.3, 0.4) is 0 Å². The number of benzene rings is 2. The van der Waals surface area contributed by atoms with Crippen molar-refractivity contribution in [2.75, 3.05) is 5.73 Å². The first-order chi connectivity index (χ1) is 9.11. The highest BCUT2D eigenvalue weighted by atomic mass is 32.2. The third-order valence-corrected chi connectivity index (χ3v) is 3.60. The Kier molecular flexibility index (Phi) is 2.87. The van der Waals surface area contributed by atoms with Crippen molar-refractivity contribution in [1.29, 1.82) is 0 Å². The molecule has 0 atom stereocenters. The number of aromatic amines is 1. The summed E-state index contributed by atoms with van der Waals surface area (Å²) in [5, 5.41) is 7.48. The fourth-order valence-corrected chi connectivity index (χ4v) is 2.73. The number of hydrogen-bond acceptors (Lipinski definition) is 3. The maximum Gasteiger partial charge on any atom is 0.153 e. The van der Waals surface area contributed by atoms with E-state index < -0.39 is 11.6 Å². The largest absolute Gasteiger partial charge is 0.382 e. The first kappa shape index (κ1) is 12.0. The number of aromatic nitrogens is 2. The molecule has 0 aliphatic carbocycles. The fraction of sp³-hybridized carbons (Fsp3) is 0. The minimum absolute atomic E-state index is 0.405. The van der Waals surface area contributed by atoms with Crippen LogP contribution in [0.25, 0.3) is 10.9 Å². The van der Waals surface area contributed by atoms with Gasteiger partial charge in [0.1, 0.15) is 11.6 Å². The molecule has 0 aliphatic rings. The second-order valence-corrected chi connectivity index (χ2v) is 5.17. The van der Waals surface area contributed by atoms with E-state index in [1.807, 2.05) is 18.2 Å². The second kappa shape index (κ2) is 4.55. The predicted molar refractivity (Wildman–Crippen MR) is 71.0 cm³/mol. The molecule has 3 N–H and O–H groups in total. The van der Waals surface area contributed by atoms with E-state index in [1.54, 1.807) is 0 Å². The molecule has 0 amide bonds. The summed E-state index contributed by atoms with van der Waals surface area (Å²) in [7, 11) is 0. The Morgan fingerprint density at radius 1 is 1.00 bits per heavy atom. The van der Waals surface area contributed by atoms with Gasteiger partial charge in [-0.3, -0.25) is 5.10 Å². The molecule has 0 saturated heterocycles. The van der Waals surface area contributed by atoms with E-state index in [0.717, 1.165) is 21.9 Å². The molecule has 0 saturated carbocycles. The lowest BCUT2D eigenvalue weighted by Crippen LogP contribution is -1.84. The molecule has 3 rings (SSSR count). The monoisotopic (exact) mass is 277 g/mol. The number of nitrogens with zero attached hydrogens (tertiary/aromatic N) is 1. The maximum absolute atomic E-state index is 13.1. The van der Waals surface area contributed by atoms with Crippen molar-refractivity contribution in [1.82, 2.24) is 10.2 Å². The van der Waals surface area contributed by atoms with Crippen LogP contribution in [0.1, 0.15) is 0 Å². The molecule has 3 aromatic rings. The molecular weight excluding hydrogens is 268 g/mol. The van der Waals surface area contributed by atoms with Gasteiger partial charge < -0.3 is 5.73 Å². The Morgan fingerprint density at radius 2 is 1.74 bits per heavy atom. The Morgan fingerprint density at radius 3 is 2.47 bits per heavy atom. The topological polar surface area (TPSA) is 54.7 Å². The molecule has 0 unspecified atom stereocenters. The molecule has 0 radical (unpaired) electrons. The van der Waals surface area contributed by atoms with E-state index in [4.69, 9.17) is 5.73 Å². The summed E-state index contributed by atoms with van der Waals surface area (Å²) in [5.41, 5.74) is 6.54. The van der Waals surface area contributed by atoms with E-state index in [0.29, 0.717) is 10.7 Å². The third-order valence-electron chi connectivity index (χ3n) is 2.64. The summed E-state index contributed by atoms with van der Waals surface area (Å²) in [4.78, 5) is 1.34. The van der Waals surface area contributed by atoms with E-state index >= 15 is 0 Å². The maximum atomic E-state index is 13.1. The molecule has 6 heteroatoms. The summed E-state index contributed by atoms with van der Waals surface area (Å²) in [6.07, 6.45) is 0. The highest BCUT2D eigenvalue weighted by Crippen LogP contribution is 2.31. The molecule has 0 aliphatic heterocycles. The van der Waals surface area contributed by atoms with Gasteiger partial charge in [0, 0.05) is 21.2 Å². The van der Waals surface area contributed by atoms with Gasteiger partial charge in [0.2, 0.25) is 0 Å². The number of halogens is 2. The van der Waals surface area contributed by atoms with Gasteiger partial charge in [-0.05, 0) is 30.3 Å². The lowest BCUT2D eigenvalue weighted by atomic mass is 10.2. The van der Waals surface area contributed by atoms with Crippen LogP contribution in [0.15, 0.2) is 46.2 Å². The van der Waals surface area contributed by atoms with Crippen molar-refractivity contribution in [2.24, 2.45) is 0 Å². The van der Waals surface area contributed by atoms with Crippen molar-refractivity contribution in [3.05, 3.63) is 48.0 Å².